The fourth-order valence-corrected chi connectivity index (χ4v) is 4.23. The maximum absolute atomic E-state index is 13.0. The summed E-state index contributed by atoms with van der Waals surface area (Å²) in [5, 5.41) is 14.2. The highest BCUT2D eigenvalue weighted by molar-refractivity contribution is 5.34. The summed E-state index contributed by atoms with van der Waals surface area (Å²) in [6.45, 7) is 1.17. The molecule has 1 aliphatic rings. The number of nitrogens with one attached hydrogen (secondary N) is 1. The summed E-state index contributed by atoms with van der Waals surface area (Å²) >= 11 is 0. The molecule has 3 aromatic carbocycles. The average molecular weight is 406 g/mol. The van der Waals surface area contributed by atoms with Gasteiger partial charge in [0.2, 0.25) is 0 Å². The van der Waals surface area contributed by atoms with E-state index in [1.54, 1.807) is 12.1 Å². The SMILES string of the molecule is O[C@@H]1C[C@@H](C(c2ccccc2)c2ccccc2)OC[C@H]1NCCc1ccc(F)cc1. The van der Waals surface area contributed by atoms with Crippen molar-refractivity contribution in [2.45, 2.75) is 37.0 Å². The number of rotatable bonds is 7. The van der Waals surface area contributed by atoms with Gasteiger partial charge in [0.1, 0.15) is 5.82 Å². The van der Waals surface area contributed by atoms with Gasteiger partial charge in [-0.3, -0.25) is 0 Å². The third-order valence-corrected chi connectivity index (χ3v) is 5.85. The second-order valence-corrected chi connectivity index (χ2v) is 7.91. The molecule has 0 unspecified atom stereocenters. The predicted octanol–water partition coefficient (Wildman–Crippen LogP) is 4.31. The van der Waals surface area contributed by atoms with Crippen molar-refractivity contribution < 1.29 is 14.2 Å². The molecule has 30 heavy (non-hydrogen) atoms. The molecule has 1 saturated heterocycles. The highest BCUT2D eigenvalue weighted by Gasteiger charge is 2.35. The maximum atomic E-state index is 13.0. The van der Waals surface area contributed by atoms with Gasteiger partial charge in [-0.15, -0.1) is 0 Å². The van der Waals surface area contributed by atoms with E-state index in [1.807, 2.05) is 36.4 Å². The van der Waals surface area contributed by atoms with Gasteiger partial charge in [-0.05, 0) is 41.8 Å². The number of benzene rings is 3. The van der Waals surface area contributed by atoms with Crippen molar-refractivity contribution >= 4 is 0 Å². The Morgan fingerprint density at radius 3 is 2.07 bits per heavy atom. The van der Waals surface area contributed by atoms with E-state index in [9.17, 15) is 9.50 Å². The second-order valence-electron chi connectivity index (χ2n) is 7.91. The Bertz CT molecular complexity index is 862. The van der Waals surface area contributed by atoms with Gasteiger partial charge in [-0.25, -0.2) is 4.39 Å². The van der Waals surface area contributed by atoms with Gasteiger partial charge in [-0.1, -0.05) is 72.8 Å². The molecule has 0 spiro atoms. The molecule has 3 atom stereocenters. The summed E-state index contributed by atoms with van der Waals surface area (Å²) in [5.74, 6) is -0.137. The van der Waals surface area contributed by atoms with Crippen LogP contribution in [0.1, 0.15) is 29.0 Å². The fraction of sp³-hybridized carbons (Fsp3) is 0.308. The third kappa shape index (κ3) is 5.14. The molecule has 0 aromatic heterocycles. The molecule has 0 aliphatic carbocycles. The van der Waals surface area contributed by atoms with Crippen LogP contribution in [0.2, 0.25) is 0 Å². The number of aliphatic hydroxyl groups excluding tert-OH is 1. The van der Waals surface area contributed by atoms with Gasteiger partial charge >= 0.3 is 0 Å². The van der Waals surface area contributed by atoms with Crippen LogP contribution in [-0.2, 0) is 11.2 Å². The smallest absolute Gasteiger partial charge is 0.123 e. The molecule has 0 saturated carbocycles. The van der Waals surface area contributed by atoms with Crippen LogP contribution in [0.3, 0.4) is 0 Å². The normalized spacial score (nSPS) is 21.6. The van der Waals surface area contributed by atoms with Crippen LogP contribution >= 0.6 is 0 Å². The van der Waals surface area contributed by atoms with Gasteiger partial charge in [-0.2, -0.15) is 0 Å². The fourth-order valence-electron chi connectivity index (χ4n) is 4.23. The number of hydrogen-bond donors (Lipinski definition) is 2. The van der Waals surface area contributed by atoms with Crippen LogP contribution < -0.4 is 5.32 Å². The molecule has 1 fully saturated rings. The molecule has 0 amide bonds. The minimum Gasteiger partial charge on any atom is -0.391 e. The first-order valence-electron chi connectivity index (χ1n) is 10.6. The summed E-state index contributed by atoms with van der Waals surface area (Å²) in [6, 6.07) is 27.2. The minimum atomic E-state index is -0.480. The zero-order chi connectivity index (χ0) is 20.8. The van der Waals surface area contributed by atoms with E-state index in [1.165, 1.54) is 23.3 Å². The van der Waals surface area contributed by atoms with Crippen molar-refractivity contribution in [3.05, 3.63) is 107 Å². The summed E-state index contributed by atoms with van der Waals surface area (Å²) in [6.07, 6.45) is 0.790. The van der Waals surface area contributed by atoms with E-state index in [4.69, 9.17) is 4.74 Å². The van der Waals surface area contributed by atoms with Crippen LogP contribution in [0, 0.1) is 5.82 Å². The standard InChI is InChI=1S/C26H28FNO2/c27-22-13-11-19(12-14-22)15-16-28-23-18-30-25(17-24(23)29)26(20-7-3-1-4-8-20)21-9-5-2-6-10-21/h1-14,23-26,28-29H,15-18H2/t23-,24-,25+/m1/s1. The Labute approximate surface area is 177 Å². The van der Waals surface area contributed by atoms with Crippen molar-refractivity contribution in [1.82, 2.24) is 5.32 Å². The van der Waals surface area contributed by atoms with Crippen molar-refractivity contribution in [3.8, 4) is 0 Å². The molecule has 0 radical (unpaired) electrons. The van der Waals surface area contributed by atoms with Gasteiger partial charge in [0.15, 0.2) is 0 Å². The lowest BCUT2D eigenvalue weighted by Crippen LogP contribution is -2.51. The molecule has 3 nitrogen and oxygen atoms in total. The van der Waals surface area contributed by atoms with Gasteiger partial charge in [0.05, 0.1) is 24.9 Å². The molecular formula is C26H28FNO2. The van der Waals surface area contributed by atoms with E-state index in [-0.39, 0.29) is 23.9 Å². The molecule has 3 aromatic rings. The monoisotopic (exact) mass is 405 g/mol. The topological polar surface area (TPSA) is 41.5 Å². The third-order valence-electron chi connectivity index (χ3n) is 5.85. The predicted molar refractivity (Wildman–Crippen MR) is 117 cm³/mol. The van der Waals surface area contributed by atoms with Gasteiger partial charge < -0.3 is 15.2 Å². The molecule has 2 N–H and O–H groups in total. The number of aliphatic hydroxyl groups is 1. The van der Waals surface area contributed by atoms with Crippen LogP contribution in [0.15, 0.2) is 84.9 Å². The highest BCUT2D eigenvalue weighted by Crippen LogP contribution is 2.34. The molecule has 156 valence electrons. The van der Waals surface area contributed by atoms with Crippen LogP contribution in [0.25, 0.3) is 0 Å². The summed E-state index contributed by atoms with van der Waals surface area (Å²) in [7, 11) is 0. The zero-order valence-electron chi connectivity index (χ0n) is 17.0. The van der Waals surface area contributed by atoms with Crippen LogP contribution in [0.5, 0.6) is 0 Å². The van der Waals surface area contributed by atoms with E-state index in [0.29, 0.717) is 19.6 Å². The van der Waals surface area contributed by atoms with E-state index in [0.717, 1.165) is 12.0 Å². The molecule has 1 heterocycles. The summed E-state index contributed by atoms with van der Waals surface area (Å²) in [4.78, 5) is 0. The van der Waals surface area contributed by atoms with E-state index < -0.39 is 6.10 Å². The Kier molecular flexibility index (Phi) is 6.90. The Balaban J connectivity index is 1.38. The lowest BCUT2D eigenvalue weighted by molar-refractivity contribution is -0.0712. The largest absolute Gasteiger partial charge is 0.391 e. The molecule has 4 heteroatoms. The number of hydrogen-bond acceptors (Lipinski definition) is 3. The average Bonchev–Trinajstić information content (AvgIpc) is 2.78. The van der Waals surface area contributed by atoms with Gasteiger partial charge in [0.25, 0.3) is 0 Å². The summed E-state index contributed by atoms with van der Waals surface area (Å²) in [5.41, 5.74) is 3.47. The Hall–Kier alpha value is -2.53. The zero-order valence-corrected chi connectivity index (χ0v) is 17.0. The lowest BCUT2D eigenvalue weighted by atomic mass is 9.82. The van der Waals surface area contributed by atoms with Crippen LogP contribution in [-0.4, -0.2) is 36.5 Å². The van der Waals surface area contributed by atoms with Gasteiger partial charge in [0, 0.05) is 12.3 Å². The maximum Gasteiger partial charge on any atom is 0.123 e. The second kappa shape index (κ2) is 9.98. The Morgan fingerprint density at radius 1 is 0.900 bits per heavy atom. The van der Waals surface area contributed by atoms with Crippen LogP contribution in [0.4, 0.5) is 4.39 Å². The first-order chi connectivity index (χ1) is 14.7. The Morgan fingerprint density at radius 2 is 1.50 bits per heavy atom. The molecule has 4 rings (SSSR count). The molecule has 0 bridgehead atoms. The van der Waals surface area contributed by atoms with Crippen molar-refractivity contribution in [2.24, 2.45) is 0 Å². The highest BCUT2D eigenvalue weighted by atomic mass is 19.1. The van der Waals surface area contributed by atoms with E-state index >= 15 is 0 Å². The lowest BCUT2D eigenvalue weighted by Gasteiger charge is -2.38. The minimum absolute atomic E-state index is 0.0834. The van der Waals surface area contributed by atoms with E-state index in [2.05, 4.69) is 29.6 Å². The number of ether oxygens (including phenoxy) is 1. The quantitative estimate of drug-likeness (QED) is 0.616. The van der Waals surface area contributed by atoms with Crippen molar-refractivity contribution in [3.63, 3.8) is 0 Å². The summed E-state index contributed by atoms with van der Waals surface area (Å²) < 4.78 is 19.3. The first-order valence-corrected chi connectivity index (χ1v) is 10.6. The molecule has 1 aliphatic heterocycles. The number of halogens is 1. The first kappa shape index (κ1) is 20.7. The van der Waals surface area contributed by atoms with Crippen molar-refractivity contribution in [1.29, 1.82) is 0 Å². The molecular weight excluding hydrogens is 377 g/mol. The van der Waals surface area contributed by atoms with Crippen molar-refractivity contribution in [2.75, 3.05) is 13.2 Å².